The van der Waals surface area contributed by atoms with Crippen molar-refractivity contribution in [2.75, 3.05) is 13.2 Å². The highest BCUT2D eigenvalue weighted by Crippen LogP contribution is 2.31. The number of fused-ring (bicyclic) bond motifs is 1. The lowest BCUT2D eigenvalue weighted by molar-refractivity contribution is -0.130. The number of ether oxygens (including phenoxy) is 1. The Morgan fingerprint density at radius 2 is 1.88 bits per heavy atom. The summed E-state index contributed by atoms with van der Waals surface area (Å²) in [6.45, 7) is 16.2. The molecule has 1 heterocycles. The maximum Gasteiger partial charge on any atom is 0.222 e. The Balaban J connectivity index is 0.000000401. The number of allylic oxidation sites excluding steroid dienone is 1. The number of aryl methyl sites for hydroxylation is 3. The van der Waals surface area contributed by atoms with Crippen LogP contribution in [0.2, 0.25) is 5.02 Å². The number of carbonyl (C=O) groups is 2. The van der Waals surface area contributed by atoms with Crippen molar-refractivity contribution in [1.82, 2.24) is 10.3 Å². The van der Waals surface area contributed by atoms with Crippen LogP contribution in [-0.4, -0.2) is 29.8 Å². The molecule has 1 aromatic heterocycles. The molecule has 0 bridgehead atoms. The van der Waals surface area contributed by atoms with Crippen molar-refractivity contribution < 1.29 is 18.7 Å². The van der Waals surface area contributed by atoms with E-state index in [0.29, 0.717) is 44.6 Å². The predicted molar refractivity (Wildman–Crippen MR) is 167 cm³/mol. The zero-order chi connectivity index (χ0) is 30.6. The number of amides is 1. The molecule has 5 nitrogen and oxygen atoms in total. The molecule has 41 heavy (non-hydrogen) atoms. The van der Waals surface area contributed by atoms with E-state index in [-0.39, 0.29) is 23.4 Å². The van der Waals surface area contributed by atoms with Gasteiger partial charge in [-0.25, -0.2) is 4.39 Å². The molecule has 222 valence electrons. The largest absolute Gasteiger partial charge is 0.499 e. The Kier molecular flexibility index (Phi) is 13.5. The molecule has 2 atom stereocenters. The molecule has 1 N–H and O–H groups in total. The molecule has 0 saturated carbocycles. The fourth-order valence-corrected chi connectivity index (χ4v) is 4.57. The average molecular weight is 583 g/mol. The fraction of sp³-hybridized carbons (Fsp3) is 0.441. The number of Topliss-reactive ketones (excluding diaryl/α,β-unsaturated/α-hetero) is 1. The van der Waals surface area contributed by atoms with E-state index in [1.165, 1.54) is 12.1 Å². The van der Waals surface area contributed by atoms with Gasteiger partial charge in [-0.05, 0) is 87.2 Å². The van der Waals surface area contributed by atoms with E-state index in [0.717, 1.165) is 39.0 Å². The third kappa shape index (κ3) is 10.9. The number of carbonyl (C=O) groups excluding carboxylic acids is 2. The normalized spacial score (nSPS) is 13.0. The number of rotatable bonds is 13. The number of nitrogens with one attached hydrogen (secondary N) is 1. The first-order valence-electron chi connectivity index (χ1n) is 14.2. The molecule has 0 saturated heterocycles. The van der Waals surface area contributed by atoms with Gasteiger partial charge in [0.05, 0.1) is 12.4 Å². The van der Waals surface area contributed by atoms with Crippen LogP contribution in [0.1, 0.15) is 70.2 Å². The smallest absolute Gasteiger partial charge is 0.222 e. The number of nitrogens with zero attached hydrogens (tertiary/aromatic N) is 1. The van der Waals surface area contributed by atoms with Gasteiger partial charge < -0.3 is 10.1 Å². The Labute approximate surface area is 249 Å². The second-order valence-electron chi connectivity index (χ2n) is 11.0. The number of hydrogen-bond acceptors (Lipinski definition) is 4. The van der Waals surface area contributed by atoms with Crippen LogP contribution in [0.5, 0.6) is 0 Å². The Morgan fingerprint density at radius 1 is 1.15 bits per heavy atom. The molecule has 0 aliphatic carbocycles. The third-order valence-corrected chi connectivity index (χ3v) is 7.97. The van der Waals surface area contributed by atoms with Gasteiger partial charge in [0.2, 0.25) is 5.91 Å². The zero-order valence-corrected chi connectivity index (χ0v) is 26.0. The number of pyridine rings is 1. The van der Waals surface area contributed by atoms with Gasteiger partial charge >= 0.3 is 0 Å². The third-order valence-electron chi connectivity index (χ3n) is 7.43. The molecule has 3 aromatic rings. The summed E-state index contributed by atoms with van der Waals surface area (Å²) in [4.78, 5) is 29.3. The molecule has 1 amide bonds. The first-order chi connectivity index (χ1) is 19.4. The number of hydrogen-bond donors (Lipinski definition) is 1. The van der Waals surface area contributed by atoms with Gasteiger partial charge in [0, 0.05) is 46.6 Å². The van der Waals surface area contributed by atoms with Crippen LogP contribution >= 0.6 is 11.6 Å². The molecular formula is C34H44ClFN2O3. The zero-order valence-electron chi connectivity index (χ0n) is 25.3. The van der Waals surface area contributed by atoms with E-state index in [9.17, 15) is 14.0 Å². The first-order valence-corrected chi connectivity index (χ1v) is 14.6. The second kappa shape index (κ2) is 16.3. The average Bonchev–Trinajstić information content (AvgIpc) is 2.93. The minimum Gasteiger partial charge on any atom is -0.499 e. The van der Waals surface area contributed by atoms with Crippen LogP contribution in [0.25, 0.3) is 10.8 Å². The quantitative estimate of drug-likeness (QED) is 0.206. The summed E-state index contributed by atoms with van der Waals surface area (Å²) in [5.74, 6) is 0.613. The van der Waals surface area contributed by atoms with Gasteiger partial charge in [-0.15, -0.1) is 0 Å². The molecule has 0 radical (unpaired) electrons. The van der Waals surface area contributed by atoms with Crippen LogP contribution < -0.4 is 5.32 Å². The molecule has 2 unspecified atom stereocenters. The Bertz CT molecular complexity index is 1310. The van der Waals surface area contributed by atoms with Crippen LogP contribution in [0.3, 0.4) is 0 Å². The molecule has 7 heteroatoms. The monoisotopic (exact) mass is 582 g/mol. The number of halogens is 2. The summed E-state index contributed by atoms with van der Waals surface area (Å²) in [5, 5.41) is 5.57. The van der Waals surface area contributed by atoms with Crippen LogP contribution in [0.4, 0.5) is 4.39 Å². The highest BCUT2D eigenvalue weighted by molar-refractivity contribution is 6.32. The lowest BCUT2D eigenvalue weighted by atomic mass is 9.77. The number of aromatic nitrogens is 1. The van der Waals surface area contributed by atoms with Gasteiger partial charge in [0.25, 0.3) is 0 Å². The molecule has 0 spiro atoms. The second-order valence-corrected chi connectivity index (χ2v) is 11.4. The van der Waals surface area contributed by atoms with Gasteiger partial charge in [-0.1, -0.05) is 57.2 Å². The summed E-state index contributed by atoms with van der Waals surface area (Å²) >= 11 is 6.38. The Hall–Kier alpha value is -3.25. The van der Waals surface area contributed by atoms with Gasteiger partial charge in [0.15, 0.2) is 0 Å². The van der Waals surface area contributed by atoms with Crippen LogP contribution in [-0.2, 0) is 20.7 Å². The van der Waals surface area contributed by atoms with E-state index < -0.39 is 5.41 Å². The van der Waals surface area contributed by atoms with Crippen LogP contribution in [0.15, 0.2) is 61.0 Å². The highest BCUT2D eigenvalue weighted by Gasteiger charge is 2.32. The topological polar surface area (TPSA) is 68.3 Å². The predicted octanol–water partition coefficient (Wildman–Crippen LogP) is 8.33. The molecule has 0 aliphatic heterocycles. The van der Waals surface area contributed by atoms with Crippen molar-refractivity contribution in [1.29, 1.82) is 0 Å². The standard InChI is InChI=1S/C24H36ClNO3.C10H8FN/c1-7-18(4)23(28)26-15-13-24(6,14-16-29-17(2)3)21(27)12-11-20-10-8-9-19(5)22(20)25;1-7-4-9-5-10(11)3-2-8(9)6-12-7/h8-10,18H,2,7,11-16H2,1,3-6H3,(H,26,28);2-6H,1H3. The van der Waals surface area contributed by atoms with E-state index in [2.05, 4.69) is 16.9 Å². The van der Waals surface area contributed by atoms with Crippen LogP contribution in [0, 0.1) is 31.0 Å². The van der Waals surface area contributed by atoms with Crippen molar-refractivity contribution in [3.05, 3.63) is 88.7 Å². The van der Waals surface area contributed by atoms with Crippen molar-refractivity contribution in [2.24, 2.45) is 11.3 Å². The van der Waals surface area contributed by atoms with E-state index in [1.807, 2.05) is 58.9 Å². The molecule has 0 aliphatic rings. The molecule has 2 aromatic carbocycles. The van der Waals surface area contributed by atoms with E-state index in [1.54, 1.807) is 19.2 Å². The summed E-state index contributed by atoms with van der Waals surface area (Å²) in [7, 11) is 0. The van der Waals surface area contributed by atoms with Gasteiger partial charge in [-0.3, -0.25) is 14.6 Å². The summed E-state index contributed by atoms with van der Waals surface area (Å²) < 4.78 is 18.3. The van der Waals surface area contributed by atoms with E-state index in [4.69, 9.17) is 16.3 Å². The first kappa shape index (κ1) is 34.0. The fourth-order valence-electron chi connectivity index (χ4n) is 4.35. The molecular weight excluding hydrogens is 539 g/mol. The summed E-state index contributed by atoms with van der Waals surface area (Å²) in [5.41, 5.74) is 2.34. The van der Waals surface area contributed by atoms with Crippen molar-refractivity contribution >= 4 is 34.1 Å². The highest BCUT2D eigenvalue weighted by atomic mass is 35.5. The lowest BCUT2D eigenvalue weighted by Crippen LogP contribution is -2.36. The molecule has 0 fully saturated rings. The number of ketones is 1. The SMILES string of the molecule is C=C(C)OCCC(C)(CCNC(=O)C(C)CC)C(=O)CCc1cccc(C)c1Cl.Cc1cc2cc(F)ccc2cn1. The maximum atomic E-state index is 13.1. The Morgan fingerprint density at radius 3 is 2.56 bits per heavy atom. The minimum absolute atomic E-state index is 0.0211. The summed E-state index contributed by atoms with van der Waals surface area (Å²) in [6, 6.07) is 12.5. The maximum absolute atomic E-state index is 13.1. The van der Waals surface area contributed by atoms with Gasteiger partial charge in [-0.2, -0.15) is 0 Å². The lowest BCUT2D eigenvalue weighted by Gasteiger charge is -2.29. The van der Waals surface area contributed by atoms with Crippen molar-refractivity contribution in [3.63, 3.8) is 0 Å². The summed E-state index contributed by atoms with van der Waals surface area (Å²) in [6.07, 6.45) is 4.73. The number of benzene rings is 2. The minimum atomic E-state index is -0.575. The van der Waals surface area contributed by atoms with E-state index >= 15 is 0 Å². The van der Waals surface area contributed by atoms with Crippen molar-refractivity contribution in [2.45, 2.75) is 73.6 Å². The van der Waals surface area contributed by atoms with Crippen molar-refractivity contribution in [3.8, 4) is 0 Å². The van der Waals surface area contributed by atoms with Gasteiger partial charge in [0.1, 0.15) is 11.6 Å². The molecule has 3 rings (SSSR count).